The van der Waals surface area contributed by atoms with Crippen molar-refractivity contribution < 1.29 is 14.7 Å². The van der Waals surface area contributed by atoms with Crippen molar-refractivity contribution in [3.8, 4) is 0 Å². The van der Waals surface area contributed by atoms with E-state index in [1.165, 1.54) is 0 Å². The van der Waals surface area contributed by atoms with Crippen molar-refractivity contribution in [1.29, 1.82) is 0 Å². The molecule has 0 bridgehead atoms. The number of pyridine rings is 1. The fourth-order valence-corrected chi connectivity index (χ4v) is 6.43. The van der Waals surface area contributed by atoms with Crippen molar-refractivity contribution in [1.82, 2.24) is 15.2 Å². The Balaban J connectivity index is 1.31. The molecule has 0 aliphatic heterocycles. The fraction of sp³-hybridized carbons (Fsp3) is 0.359. The van der Waals surface area contributed by atoms with Gasteiger partial charge in [0.1, 0.15) is 0 Å². The molecule has 0 spiro atoms. The molecule has 1 heterocycles. The molecule has 1 aromatic heterocycles. The second kappa shape index (κ2) is 16.2. The van der Waals surface area contributed by atoms with Gasteiger partial charge in [-0.15, -0.1) is 0 Å². The van der Waals surface area contributed by atoms with Crippen LogP contribution in [0, 0.1) is 5.92 Å². The maximum absolute atomic E-state index is 13.9. The van der Waals surface area contributed by atoms with Gasteiger partial charge < -0.3 is 20.2 Å². The Labute approximate surface area is 279 Å². The molecule has 1 saturated carbocycles. The number of likely N-dealkylation sites (N-methyl/N-ethyl adjacent to an activating group) is 1. The van der Waals surface area contributed by atoms with Crippen LogP contribution in [-0.2, 0) is 17.8 Å². The van der Waals surface area contributed by atoms with Crippen molar-refractivity contribution in [2.24, 2.45) is 5.92 Å². The number of aliphatic hydroxyl groups is 1. The summed E-state index contributed by atoms with van der Waals surface area (Å²) < 4.78 is 0. The van der Waals surface area contributed by atoms with Crippen LogP contribution in [0.25, 0.3) is 0 Å². The van der Waals surface area contributed by atoms with E-state index < -0.39 is 6.04 Å². The van der Waals surface area contributed by atoms with Crippen molar-refractivity contribution in [2.75, 3.05) is 44.1 Å². The van der Waals surface area contributed by atoms with E-state index >= 15 is 0 Å². The molecule has 2 N–H and O–H groups in total. The Kier molecular flexibility index (Phi) is 11.6. The molecule has 3 atom stereocenters. The van der Waals surface area contributed by atoms with Crippen molar-refractivity contribution in [2.45, 2.75) is 50.6 Å². The second-order valence-corrected chi connectivity index (χ2v) is 12.7. The van der Waals surface area contributed by atoms with Crippen LogP contribution in [-0.4, -0.2) is 61.2 Å². The van der Waals surface area contributed by atoms with Gasteiger partial charge in [0.2, 0.25) is 5.91 Å². The second-order valence-electron chi connectivity index (χ2n) is 12.7. The molecule has 1 fully saturated rings. The number of benzene rings is 3. The molecular weight excluding hydrogens is 586 g/mol. The van der Waals surface area contributed by atoms with Gasteiger partial charge in [-0.2, -0.15) is 0 Å². The topological polar surface area (TPSA) is 89.0 Å². The first-order valence-electron chi connectivity index (χ1n) is 16.6. The Morgan fingerprint density at radius 3 is 2.19 bits per heavy atom. The van der Waals surface area contributed by atoms with E-state index in [1.807, 2.05) is 104 Å². The van der Waals surface area contributed by atoms with Gasteiger partial charge in [0, 0.05) is 63.3 Å². The van der Waals surface area contributed by atoms with Crippen LogP contribution in [0.4, 0.5) is 16.2 Å². The van der Waals surface area contributed by atoms with Crippen molar-refractivity contribution in [3.05, 3.63) is 126 Å². The molecular formula is C39H47N5O3. The fourth-order valence-electron chi connectivity index (χ4n) is 6.43. The van der Waals surface area contributed by atoms with Crippen LogP contribution in [0.1, 0.15) is 60.0 Å². The predicted molar refractivity (Wildman–Crippen MR) is 188 cm³/mol. The highest BCUT2D eigenvalue weighted by molar-refractivity contribution is 5.92. The lowest BCUT2D eigenvalue weighted by atomic mass is 9.74. The summed E-state index contributed by atoms with van der Waals surface area (Å²) >= 11 is 0. The number of amides is 3. The Morgan fingerprint density at radius 2 is 1.53 bits per heavy atom. The van der Waals surface area contributed by atoms with Crippen LogP contribution in [0.15, 0.2) is 103 Å². The molecule has 0 radical (unpaired) electrons. The number of carbonyl (C=O) groups is 2. The number of hydrogen-bond acceptors (Lipinski definition) is 5. The molecule has 47 heavy (non-hydrogen) atoms. The minimum absolute atomic E-state index is 0.00615. The summed E-state index contributed by atoms with van der Waals surface area (Å²) in [6.07, 6.45) is 6.30. The highest BCUT2D eigenvalue weighted by Gasteiger charge is 2.33. The van der Waals surface area contributed by atoms with Crippen LogP contribution < -0.4 is 15.1 Å². The first-order valence-corrected chi connectivity index (χ1v) is 16.6. The summed E-state index contributed by atoms with van der Waals surface area (Å²) in [5.41, 5.74) is 5.89. The number of rotatable bonds is 12. The van der Waals surface area contributed by atoms with E-state index in [0.29, 0.717) is 19.5 Å². The molecule has 3 amide bonds. The van der Waals surface area contributed by atoms with E-state index in [-0.39, 0.29) is 30.4 Å². The third-order valence-electron chi connectivity index (χ3n) is 9.22. The highest BCUT2D eigenvalue weighted by Crippen LogP contribution is 2.38. The Bertz CT molecular complexity index is 1560. The summed E-state index contributed by atoms with van der Waals surface area (Å²) in [6, 6.07) is 31.4. The third kappa shape index (κ3) is 8.77. The van der Waals surface area contributed by atoms with Crippen LogP contribution >= 0.6 is 0 Å². The summed E-state index contributed by atoms with van der Waals surface area (Å²) in [5, 5.41) is 13.2. The third-order valence-corrected chi connectivity index (χ3v) is 9.22. The number of urea groups is 1. The highest BCUT2D eigenvalue weighted by atomic mass is 16.3. The average Bonchev–Trinajstić information content (AvgIpc) is 3.12. The maximum Gasteiger partial charge on any atom is 0.324 e. The average molecular weight is 634 g/mol. The monoisotopic (exact) mass is 633 g/mol. The number of nitrogens with zero attached hydrogens (tertiary/aromatic N) is 4. The number of hydrogen-bond donors (Lipinski definition) is 2. The number of aliphatic hydroxyl groups excluding tert-OH is 1. The van der Waals surface area contributed by atoms with Crippen LogP contribution in [0.3, 0.4) is 0 Å². The van der Waals surface area contributed by atoms with Crippen molar-refractivity contribution >= 4 is 23.3 Å². The van der Waals surface area contributed by atoms with Gasteiger partial charge in [-0.05, 0) is 71.8 Å². The van der Waals surface area contributed by atoms with E-state index in [9.17, 15) is 14.7 Å². The molecule has 3 unspecified atom stereocenters. The van der Waals surface area contributed by atoms with Gasteiger partial charge in [-0.1, -0.05) is 73.5 Å². The zero-order chi connectivity index (χ0) is 33.2. The largest absolute Gasteiger partial charge is 0.394 e. The van der Waals surface area contributed by atoms with Crippen LogP contribution in [0.5, 0.6) is 0 Å². The zero-order valence-electron chi connectivity index (χ0n) is 27.8. The van der Waals surface area contributed by atoms with E-state index in [1.54, 1.807) is 11.1 Å². The quantitative estimate of drug-likeness (QED) is 0.184. The lowest BCUT2D eigenvalue weighted by Gasteiger charge is -2.32. The van der Waals surface area contributed by atoms with Gasteiger partial charge >= 0.3 is 6.03 Å². The Morgan fingerprint density at radius 1 is 0.851 bits per heavy atom. The number of carbonyl (C=O) groups excluding carboxylic acids is 2. The molecule has 0 saturated heterocycles. The summed E-state index contributed by atoms with van der Waals surface area (Å²) in [4.78, 5) is 37.5. The first-order chi connectivity index (χ1) is 22.8. The van der Waals surface area contributed by atoms with Crippen molar-refractivity contribution in [3.63, 3.8) is 0 Å². The van der Waals surface area contributed by atoms with Crippen LogP contribution in [0.2, 0.25) is 0 Å². The normalized spacial score (nSPS) is 16.6. The standard InChI is InChI=1S/C39H47N5O3/c1-42(2)33-20-22-34(23-21-33)44(39(47)43(3)26-24-32-13-9-10-25-40-32)27-29-16-18-30(19-17-29)35-14-7-8-15-36(35)38(46)41-37(28-45)31-11-5-4-6-12-31/h4-6,9-13,16-23,25,35-37,45H,7-8,14-15,24,26-28H2,1-3H3,(H,41,46). The van der Waals surface area contributed by atoms with E-state index in [2.05, 4.69) is 34.6 Å². The smallest absolute Gasteiger partial charge is 0.324 e. The molecule has 8 nitrogen and oxygen atoms in total. The summed E-state index contributed by atoms with van der Waals surface area (Å²) in [5.74, 6) is -0.0660. The minimum atomic E-state index is -0.425. The molecule has 8 heteroatoms. The number of nitrogens with one attached hydrogen (secondary N) is 1. The molecule has 1 aliphatic carbocycles. The molecule has 5 rings (SSSR count). The van der Waals surface area contributed by atoms with Gasteiger partial charge in [0.15, 0.2) is 0 Å². The van der Waals surface area contributed by atoms with E-state index in [4.69, 9.17) is 0 Å². The lowest BCUT2D eigenvalue weighted by Crippen LogP contribution is -2.42. The zero-order valence-corrected chi connectivity index (χ0v) is 27.8. The Hall–Kier alpha value is -4.69. The molecule has 246 valence electrons. The predicted octanol–water partition coefficient (Wildman–Crippen LogP) is 6.57. The SMILES string of the molecule is CN(CCc1ccccn1)C(=O)N(Cc1ccc(C2CCCCC2C(=O)NC(CO)c2ccccc2)cc1)c1ccc(N(C)C)cc1. The van der Waals surface area contributed by atoms with Gasteiger partial charge in [0.25, 0.3) is 0 Å². The molecule has 4 aromatic rings. The maximum atomic E-state index is 13.9. The van der Waals surface area contributed by atoms with E-state index in [0.717, 1.165) is 59.4 Å². The number of anilines is 2. The lowest BCUT2D eigenvalue weighted by molar-refractivity contribution is -0.127. The van der Waals surface area contributed by atoms with Gasteiger partial charge in [-0.3, -0.25) is 14.7 Å². The molecule has 3 aromatic carbocycles. The summed E-state index contributed by atoms with van der Waals surface area (Å²) in [6.45, 7) is 0.819. The van der Waals surface area contributed by atoms with Gasteiger partial charge in [0.05, 0.1) is 19.2 Å². The number of aromatic nitrogens is 1. The molecule has 1 aliphatic rings. The minimum Gasteiger partial charge on any atom is -0.394 e. The van der Waals surface area contributed by atoms with Gasteiger partial charge in [-0.25, -0.2) is 4.79 Å². The first kappa shape index (κ1) is 33.7. The summed E-state index contributed by atoms with van der Waals surface area (Å²) in [7, 11) is 5.84.